The molecule has 2 aromatic rings. The minimum Gasteiger partial charge on any atom is -0.497 e. The number of ether oxygens (including phenoxy) is 1. The van der Waals surface area contributed by atoms with Gasteiger partial charge in [0.15, 0.2) is 0 Å². The summed E-state index contributed by atoms with van der Waals surface area (Å²) in [6.07, 6.45) is -0.0573. The predicted molar refractivity (Wildman–Crippen MR) is 97.9 cm³/mol. The standard InChI is InChI=1S/C16H16Cl2N2O4S/c1-24-12-3-5-13(6-4-12)25(22,23)19-9-8-16(21)20-15-10-11(17)2-7-14(15)18/h2-7,10,19H,8-9H2,1H3,(H,20,21). The first-order valence-electron chi connectivity index (χ1n) is 7.20. The van der Waals surface area contributed by atoms with E-state index in [9.17, 15) is 13.2 Å². The fraction of sp³-hybridized carbons (Fsp3) is 0.188. The van der Waals surface area contributed by atoms with E-state index in [1.807, 2.05) is 0 Å². The molecule has 9 heteroatoms. The molecule has 0 unspecified atom stereocenters. The number of nitrogens with one attached hydrogen (secondary N) is 2. The fourth-order valence-electron chi connectivity index (χ4n) is 1.94. The van der Waals surface area contributed by atoms with Crippen molar-refractivity contribution in [1.29, 1.82) is 0 Å². The maximum atomic E-state index is 12.1. The van der Waals surface area contributed by atoms with Gasteiger partial charge in [-0.05, 0) is 42.5 Å². The highest BCUT2D eigenvalue weighted by Gasteiger charge is 2.14. The van der Waals surface area contributed by atoms with Gasteiger partial charge < -0.3 is 10.1 Å². The third-order valence-electron chi connectivity index (χ3n) is 3.22. The second kappa shape index (κ2) is 8.53. The first-order valence-corrected chi connectivity index (χ1v) is 9.44. The van der Waals surface area contributed by atoms with Crippen LogP contribution in [0.1, 0.15) is 6.42 Å². The monoisotopic (exact) mass is 402 g/mol. The van der Waals surface area contributed by atoms with E-state index < -0.39 is 10.0 Å². The molecule has 0 heterocycles. The van der Waals surface area contributed by atoms with Gasteiger partial charge in [0, 0.05) is 18.0 Å². The van der Waals surface area contributed by atoms with Crippen LogP contribution >= 0.6 is 23.2 Å². The van der Waals surface area contributed by atoms with Gasteiger partial charge in [-0.25, -0.2) is 13.1 Å². The van der Waals surface area contributed by atoms with E-state index in [0.717, 1.165) is 0 Å². The summed E-state index contributed by atoms with van der Waals surface area (Å²) in [4.78, 5) is 12.0. The molecule has 0 saturated heterocycles. The highest BCUT2D eigenvalue weighted by molar-refractivity contribution is 7.89. The van der Waals surface area contributed by atoms with Gasteiger partial charge in [-0.2, -0.15) is 0 Å². The summed E-state index contributed by atoms with van der Waals surface area (Å²) < 4.78 is 31.6. The molecule has 0 bridgehead atoms. The molecule has 0 aliphatic carbocycles. The third kappa shape index (κ3) is 5.61. The molecule has 0 spiro atoms. The second-order valence-corrected chi connectivity index (χ2v) is 7.61. The maximum absolute atomic E-state index is 12.1. The van der Waals surface area contributed by atoms with E-state index in [0.29, 0.717) is 21.5 Å². The number of anilines is 1. The van der Waals surface area contributed by atoms with Crippen molar-refractivity contribution in [3.8, 4) is 5.75 Å². The molecule has 6 nitrogen and oxygen atoms in total. The first-order chi connectivity index (χ1) is 11.8. The van der Waals surface area contributed by atoms with Crippen LogP contribution in [0.2, 0.25) is 10.0 Å². The van der Waals surface area contributed by atoms with Crippen molar-refractivity contribution in [1.82, 2.24) is 4.72 Å². The molecular weight excluding hydrogens is 387 g/mol. The number of methoxy groups -OCH3 is 1. The molecule has 0 aliphatic rings. The third-order valence-corrected chi connectivity index (χ3v) is 5.26. The molecule has 134 valence electrons. The number of hydrogen-bond donors (Lipinski definition) is 2. The molecule has 2 rings (SSSR count). The van der Waals surface area contributed by atoms with E-state index in [1.54, 1.807) is 24.3 Å². The van der Waals surface area contributed by atoms with Crippen molar-refractivity contribution in [3.63, 3.8) is 0 Å². The average molecular weight is 403 g/mol. The van der Waals surface area contributed by atoms with Crippen molar-refractivity contribution >= 4 is 44.8 Å². The number of carbonyl (C=O) groups excluding carboxylic acids is 1. The van der Waals surface area contributed by atoms with E-state index in [2.05, 4.69) is 10.0 Å². The number of rotatable bonds is 7. The Labute approximate surface area is 156 Å². The number of sulfonamides is 1. The van der Waals surface area contributed by atoms with Crippen molar-refractivity contribution in [2.75, 3.05) is 19.0 Å². The van der Waals surface area contributed by atoms with Crippen LogP contribution < -0.4 is 14.8 Å². The summed E-state index contributed by atoms with van der Waals surface area (Å²) in [7, 11) is -2.21. The minimum atomic E-state index is -3.70. The fourth-order valence-corrected chi connectivity index (χ4v) is 3.31. The Morgan fingerprint density at radius 2 is 1.80 bits per heavy atom. The second-order valence-electron chi connectivity index (χ2n) is 5.00. The molecular formula is C16H16Cl2N2O4S. The van der Waals surface area contributed by atoms with E-state index in [4.69, 9.17) is 27.9 Å². The number of carbonyl (C=O) groups is 1. The van der Waals surface area contributed by atoms with Crippen molar-refractivity contribution in [2.24, 2.45) is 0 Å². The molecule has 0 radical (unpaired) electrons. The Balaban J connectivity index is 1.90. The quantitative estimate of drug-likeness (QED) is 0.743. The molecule has 0 atom stereocenters. The molecule has 0 fully saturated rings. The number of benzene rings is 2. The summed E-state index contributed by atoms with van der Waals surface area (Å²) in [6.45, 7) is -0.0572. The lowest BCUT2D eigenvalue weighted by Gasteiger charge is -2.09. The van der Waals surface area contributed by atoms with Gasteiger partial charge in [-0.15, -0.1) is 0 Å². The van der Waals surface area contributed by atoms with Crippen LogP contribution in [-0.2, 0) is 14.8 Å². The van der Waals surface area contributed by atoms with Gasteiger partial charge in [0.2, 0.25) is 15.9 Å². The number of amides is 1. The van der Waals surface area contributed by atoms with E-state index in [-0.39, 0.29) is 23.8 Å². The zero-order valence-corrected chi connectivity index (χ0v) is 15.6. The van der Waals surface area contributed by atoms with Gasteiger partial charge >= 0.3 is 0 Å². The van der Waals surface area contributed by atoms with Crippen LogP contribution in [0.3, 0.4) is 0 Å². The Hall–Kier alpha value is -1.80. The summed E-state index contributed by atoms with van der Waals surface area (Å²) in [5, 5.41) is 3.36. The van der Waals surface area contributed by atoms with Crippen LogP contribution in [-0.4, -0.2) is 28.0 Å². The lowest BCUT2D eigenvalue weighted by molar-refractivity contribution is -0.116. The first kappa shape index (κ1) is 19.5. The summed E-state index contributed by atoms with van der Waals surface area (Å²) in [5.74, 6) is 0.165. The molecule has 0 aliphatic heterocycles. The maximum Gasteiger partial charge on any atom is 0.240 e. The highest BCUT2D eigenvalue weighted by Crippen LogP contribution is 2.25. The molecule has 0 aromatic heterocycles. The lowest BCUT2D eigenvalue weighted by Crippen LogP contribution is -2.27. The molecule has 2 N–H and O–H groups in total. The summed E-state index contributed by atoms with van der Waals surface area (Å²) in [6, 6.07) is 10.6. The zero-order chi connectivity index (χ0) is 18.4. The summed E-state index contributed by atoms with van der Waals surface area (Å²) >= 11 is 11.8. The van der Waals surface area contributed by atoms with Gasteiger partial charge in [0.25, 0.3) is 0 Å². The van der Waals surface area contributed by atoms with Gasteiger partial charge in [-0.3, -0.25) is 4.79 Å². The Bertz CT molecular complexity index is 855. The van der Waals surface area contributed by atoms with Gasteiger partial charge in [0.05, 0.1) is 22.7 Å². The largest absolute Gasteiger partial charge is 0.497 e. The SMILES string of the molecule is COc1ccc(S(=O)(=O)NCCC(=O)Nc2cc(Cl)ccc2Cl)cc1. The van der Waals surface area contributed by atoms with Gasteiger partial charge in [-0.1, -0.05) is 23.2 Å². The molecule has 2 aromatic carbocycles. The normalized spacial score (nSPS) is 11.2. The van der Waals surface area contributed by atoms with Crippen LogP contribution in [0.15, 0.2) is 47.4 Å². The summed E-state index contributed by atoms with van der Waals surface area (Å²) in [5.41, 5.74) is 0.372. The number of hydrogen-bond acceptors (Lipinski definition) is 4. The van der Waals surface area contributed by atoms with E-state index in [1.165, 1.54) is 25.3 Å². The topological polar surface area (TPSA) is 84.5 Å². The smallest absolute Gasteiger partial charge is 0.240 e. The molecule has 1 amide bonds. The van der Waals surface area contributed by atoms with Crippen LogP contribution in [0.25, 0.3) is 0 Å². The van der Waals surface area contributed by atoms with Crippen LogP contribution in [0.4, 0.5) is 5.69 Å². The predicted octanol–water partition coefficient (Wildman–Crippen LogP) is 3.31. The minimum absolute atomic E-state index is 0.0572. The number of halogens is 2. The molecule has 25 heavy (non-hydrogen) atoms. The van der Waals surface area contributed by atoms with E-state index >= 15 is 0 Å². The lowest BCUT2D eigenvalue weighted by atomic mass is 10.3. The van der Waals surface area contributed by atoms with Crippen molar-refractivity contribution in [2.45, 2.75) is 11.3 Å². The Morgan fingerprint density at radius 1 is 1.12 bits per heavy atom. The van der Waals surface area contributed by atoms with Crippen molar-refractivity contribution < 1.29 is 17.9 Å². The van der Waals surface area contributed by atoms with Crippen LogP contribution in [0, 0.1) is 0 Å². The zero-order valence-electron chi connectivity index (χ0n) is 13.3. The highest BCUT2D eigenvalue weighted by atomic mass is 35.5. The molecule has 0 saturated carbocycles. The van der Waals surface area contributed by atoms with Crippen LogP contribution in [0.5, 0.6) is 5.75 Å². The van der Waals surface area contributed by atoms with Crippen molar-refractivity contribution in [3.05, 3.63) is 52.5 Å². The average Bonchev–Trinajstić information content (AvgIpc) is 2.58. The Morgan fingerprint density at radius 3 is 2.44 bits per heavy atom. The van der Waals surface area contributed by atoms with Gasteiger partial charge in [0.1, 0.15) is 5.75 Å². The Kier molecular flexibility index (Phi) is 6.66.